The number of carbonyl (C=O) groups is 1. The predicted octanol–water partition coefficient (Wildman–Crippen LogP) is 1.70. The molecule has 0 saturated heterocycles. The molecule has 0 aromatic carbocycles. The molecule has 3 nitrogen and oxygen atoms in total. The van der Waals surface area contributed by atoms with E-state index in [9.17, 15) is 4.79 Å². The maximum Gasteiger partial charge on any atom is 0.225 e. The number of nitrogens with zero attached hydrogens (tertiary/aromatic N) is 1. The average Bonchev–Trinajstić information content (AvgIpc) is 2.02. The summed E-state index contributed by atoms with van der Waals surface area (Å²) in [7, 11) is 0. The van der Waals surface area contributed by atoms with Gasteiger partial charge in [-0.2, -0.15) is 0 Å². The van der Waals surface area contributed by atoms with E-state index in [1.807, 2.05) is 32.9 Å². The minimum Gasteiger partial charge on any atom is -0.369 e. The summed E-state index contributed by atoms with van der Waals surface area (Å²) < 4.78 is 0. The Kier molecular flexibility index (Phi) is 2.89. The van der Waals surface area contributed by atoms with Gasteiger partial charge in [-0.25, -0.2) is 0 Å². The lowest BCUT2D eigenvalue weighted by atomic mass is 9.76. The second kappa shape index (κ2) is 3.78. The lowest BCUT2D eigenvalue weighted by molar-refractivity contribution is -0.121. The van der Waals surface area contributed by atoms with Crippen LogP contribution in [-0.4, -0.2) is 10.9 Å². The smallest absolute Gasteiger partial charge is 0.225 e. The number of pyridine rings is 1. The zero-order valence-electron chi connectivity index (χ0n) is 8.82. The molecule has 1 rings (SSSR count). The topological polar surface area (TPSA) is 56.0 Å². The molecule has 0 aliphatic heterocycles. The van der Waals surface area contributed by atoms with Gasteiger partial charge < -0.3 is 5.73 Å². The summed E-state index contributed by atoms with van der Waals surface area (Å²) in [6, 6.07) is 3.67. The molecule has 0 fully saturated rings. The van der Waals surface area contributed by atoms with Gasteiger partial charge >= 0.3 is 0 Å². The molecule has 0 saturated carbocycles. The van der Waals surface area contributed by atoms with Crippen molar-refractivity contribution in [2.45, 2.75) is 26.7 Å². The van der Waals surface area contributed by atoms with Gasteiger partial charge in [0.1, 0.15) is 0 Å². The Morgan fingerprint density at radius 3 is 2.21 bits per heavy atom. The van der Waals surface area contributed by atoms with Crippen LogP contribution in [-0.2, 0) is 4.79 Å². The SMILES string of the molecule is CC(C)(C)C(C(N)=O)c1ccncc1. The lowest BCUT2D eigenvalue weighted by Crippen LogP contribution is -2.31. The van der Waals surface area contributed by atoms with Crippen molar-refractivity contribution in [2.24, 2.45) is 11.1 Å². The van der Waals surface area contributed by atoms with Gasteiger partial charge in [-0.1, -0.05) is 20.8 Å². The number of carbonyl (C=O) groups excluding carboxylic acids is 1. The van der Waals surface area contributed by atoms with E-state index in [4.69, 9.17) is 5.73 Å². The Morgan fingerprint density at radius 1 is 1.36 bits per heavy atom. The molecule has 1 unspecified atom stereocenters. The first-order valence-electron chi connectivity index (χ1n) is 4.62. The highest BCUT2D eigenvalue weighted by Gasteiger charge is 2.30. The van der Waals surface area contributed by atoms with Crippen LogP contribution in [0.3, 0.4) is 0 Å². The van der Waals surface area contributed by atoms with Gasteiger partial charge in [-0.3, -0.25) is 9.78 Å². The fourth-order valence-corrected chi connectivity index (χ4v) is 1.65. The van der Waals surface area contributed by atoms with Gasteiger partial charge in [-0.05, 0) is 23.1 Å². The lowest BCUT2D eigenvalue weighted by Gasteiger charge is -2.28. The molecule has 1 heterocycles. The van der Waals surface area contributed by atoms with Crippen molar-refractivity contribution in [3.8, 4) is 0 Å². The number of hydrogen-bond donors (Lipinski definition) is 1. The van der Waals surface area contributed by atoms with Crippen molar-refractivity contribution in [3.05, 3.63) is 30.1 Å². The molecule has 0 spiro atoms. The Hall–Kier alpha value is -1.38. The van der Waals surface area contributed by atoms with Crippen LogP contribution in [0.5, 0.6) is 0 Å². The van der Waals surface area contributed by atoms with Gasteiger partial charge in [0.15, 0.2) is 0 Å². The molecule has 3 heteroatoms. The fraction of sp³-hybridized carbons (Fsp3) is 0.455. The largest absolute Gasteiger partial charge is 0.369 e. The molecule has 2 N–H and O–H groups in total. The second-order valence-corrected chi connectivity index (χ2v) is 4.48. The van der Waals surface area contributed by atoms with Gasteiger partial charge in [0.25, 0.3) is 0 Å². The first kappa shape index (κ1) is 10.7. The molecule has 1 amide bonds. The maximum atomic E-state index is 11.3. The zero-order chi connectivity index (χ0) is 10.8. The Morgan fingerprint density at radius 2 is 1.86 bits per heavy atom. The first-order valence-corrected chi connectivity index (χ1v) is 4.62. The summed E-state index contributed by atoms with van der Waals surface area (Å²) in [4.78, 5) is 15.3. The Balaban J connectivity index is 3.08. The van der Waals surface area contributed by atoms with Gasteiger partial charge in [0.05, 0.1) is 5.92 Å². The van der Waals surface area contributed by atoms with Crippen molar-refractivity contribution in [1.82, 2.24) is 4.98 Å². The molecule has 0 bridgehead atoms. The third-order valence-electron chi connectivity index (χ3n) is 2.19. The summed E-state index contributed by atoms with van der Waals surface area (Å²) in [5.41, 5.74) is 6.17. The minimum atomic E-state index is -0.288. The molecule has 0 aliphatic carbocycles. The molecular formula is C11H16N2O. The van der Waals surface area contributed by atoms with Crippen LogP contribution in [0.25, 0.3) is 0 Å². The number of rotatable bonds is 2. The summed E-state index contributed by atoms with van der Waals surface area (Å²) in [5.74, 6) is -0.547. The molecule has 1 aromatic rings. The highest BCUT2D eigenvalue weighted by atomic mass is 16.1. The van der Waals surface area contributed by atoms with Crippen LogP contribution in [0.1, 0.15) is 32.3 Å². The van der Waals surface area contributed by atoms with E-state index in [0.29, 0.717) is 0 Å². The monoisotopic (exact) mass is 192 g/mol. The molecule has 14 heavy (non-hydrogen) atoms. The number of primary amides is 1. The quantitative estimate of drug-likeness (QED) is 0.775. The number of hydrogen-bond acceptors (Lipinski definition) is 2. The van der Waals surface area contributed by atoms with E-state index in [0.717, 1.165) is 5.56 Å². The molecule has 0 radical (unpaired) electrons. The summed E-state index contributed by atoms with van der Waals surface area (Å²) in [6.45, 7) is 6.01. The zero-order valence-corrected chi connectivity index (χ0v) is 8.82. The van der Waals surface area contributed by atoms with Crippen molar-refractivity contribution in [3.63, 3.8) is 0 Å². The molecule has 76 valence electrons. The summed E-state index contributed by atoms with van der Waals surface area (Å²) in [5, 5.41) is 0. The van der Waals surface area contributed by atoms with Crippen LogP contribution in [0, 0.1) is 5.41 Å². The second-order valence-electron chi connectivity index (χ2n) is 4.48. The van der Waals surface area contributed by atoms with Crippen LogP contribution in [0.15, 0.2) is 24.5 Å². The third-order valence-corrected chi connectivity index (χ3v) is 2.19. The van der Waals surface area contributed by atoms with Crippen LogP contribution in [0.4, 0.5) is 0 Å². The van der Waals surface area contributed by atoms with E-state index >= 15 is 0 Å². The van der Waals surface area contributed by atoms with E-state index in [2.05, 4.69) is 4.98 Å². The van der Waals surface area contributed by atoms with Crippen molar-refractivity contribution >= 4 is 5.91 Å². The fourth-order valence-electron chi connectivity index (χ4n) is 1.65. The maximum absolute atomic E-state index is 11.3. The first-order chi connectivity index (χ1) is 6.43. The highest BCUT2D eigenvalue weighted by molar-refractivity contribution is 5.82. The number of nitrogens with two attached hydrogens (primary N) is 1. The highest BCUT2D eigenvalue weighted by Crippen LogP contribution is 2.34. The van der Waals surface area contributed by atoms with Gasteiger partial charge in [-0.15, -0.1) is 0 Å². The molecular weight excluding hydrogens is 176 g/mol. The van der Waals surface area contributed by atoms with Crippen LogP contribution < -0.4 is 5.73 Å². The van der Waals surface area contributed by atoms with E-state index in [1.165, 1.54) is 0 Å². The standard InChI is InChI=1S/C11H16N2O/c1-11(2,3)9(10(12)14)8-4-6-13-7-5-8/h4-7,9H,1-3H3,(H2,12,14). The Labute approximate surface area is 84.3 Å². The summed E-state index contributed by atoms with van der Waals surface area (Å²) >= 11 is 0. The number of aromatic nitrogens is 1. The van der Waals surface area contributed by atoms with E-state index in [-0.39, 0.29) is 17.2 Å². The Bertz CT molecular complexity index is 314. The third kappa shape index (κ3) is 2.31. The number of amides is 1. The summed E-state index contributed by atoms with van der Waals surface area (Å²) in [6.07, 6.45) is 3.36. The van der Waals surface area contributed by atoms with Crippen LogP contribution >= 0.6 is 0 Å². The van der Waals surface area contributed by atoms with Crippen molar-refractivity contribution < 1.29 is 4.79 Å². The average molecular weight is 192 g/mol. The van der Waals surface area contributed by atoms with E-state index in [1.54, 1.807) is 12.4 Å². The molecule has 1 aromatic heterocycles. The van der Waals surface area contributed by atoms with E-state index < -0.39 is 0 Å². The van der Waals surface area contributed by atoms with Gasteiger partial charge in [0.2, 0.25) is 5.91 Å². The molecule has 1 atom stereocenters. The van der Waals surface area contributed by atoms with Crippen molar-refractivity contribution in [1.29, 1.82) is 0 Å². The molecule has 0 aliphatic rings. The normalized spacial score (nSPS) is 13.6. The minimum absolute atomic E-state index is 0.160. The predicted molar refractivity (Wildman–Crippen MR) is 55.6 cm³/mol. The van der Waals surface area contributed by atoms with Crippen LogP contribution in [0.2, 0.25) is 0 Å². The van der Waals surface area contributed by atoms with Crippen molar-refractivity contribution in [2.75, 3.05) is 0 Å². The van der Waals surface area contributed by atoms with Gasteiger partial charge in [0, 0.05) is 12.4 Å².